The van der Waals surface area contributed by atoms with Crippen molar-refractivity contribution in [2.24, 2.45) is 0 Å². The fourth-order valence-electron chi connectivity index (χ4n) is 3.43. The first-order valence-corrected chi connectivity index (χ1v) is 7.94. The lowest BCUT2D eigenvalue weighted by Crippen LogP contribution is -2.51. The van der Waals surface area contributed by atoms with Crippen LogP contribution in [0.15, 0.2) is 24.3 Å². The summed E-state index contributed by atoms with van der Waals surface area (Å²) in [5.74, 6) is 0.279. The Morgan fingerprint density at radius 2 is 1.82 bits per heavy atom. The van der Waals surface area contributed by atoms with Crippen LogP contribution in [-0.2, 0) is 16.0 Å². The molecule has 2 aliphatic rings. The van der Waals surface area contributed by atoms with E-state index < -0.39 is 0 Å². The standard InChI is InChI=1S/C17H23N3O2/c1-13-11-15-5-3-4-6-16(15)20(13)17(22)12-18-7-9-19(10-8-18)14(2)21/h3-6,13H,7-12H2,1-2H3/t13-/m0/s1. The quantitative estimate of drug-likeness (QED) is 0.822. The number of fused-ring (bicyclic) bond motifs is 1. The first-order chi connectivity index (χ1) is 10.6. The molecule has 0 radical (unpaired) electrons. The van der Waals surface area contributed by atoms with Crippen molar-refractivity contribution in [3.63, 3.8) is 0 Å². The van der Waals surface area contributed by atoms with Gasteiger partial charge in [-0.2, -0.15) is 0 Å². The summed E-state index contributed by atoms with van der Waals surface area (Å²) in [6.07, 6.45) is 0.931. The van der Waals surface area contributed by atoms with E-state index in [-0.39, 0.29) is 17.9 Å². The van der Waals surface area contributed by atoms with Gasteiger partial charge >= 0.3 is 0 Å². The Hall–Kier alpha value is -1.88. The van der Waals surface area contributed by atoms with Gasteiger partial charge in [-0.25, -0.2) is 0 Å². The van der Waals surface area contributed by atoms with Crippen molar-refractivity contribution >= 4 is 17.5 Å². The summed E-state index contributed by atoms with van der Waals surface area (Å²) in [6, 6.07) is 8.38. The van der Waals surface area contributed by atoms with E-state index in [0.717, 1.165) is 38.3 Å². The van der Waals surface area contributed by atoms with Gasteiger partial charge in [-0.15, -0.1) is 0 Å². The van der Waals surface area contributed by atoms with Crippen molar-refractivity contribution in [2.75, 3.05) is 37.6 Å². The molecule has 0 N–H and O–H groups in total. The Labute approximate surface area is 131 Å². The van der Waals surface area contributed by atoms with Crippen molar-refractivity contribution < 1.29 is 9.59 Å². The van der Waals surface area contributed by atoms with Crippen molar-refractivity contribution in [3.05, 3.63) is 29.8 Å². The molecule has 1 aromatic carbocycles. The van der Waals surface area contributed by atoms with Crippen molar-refractivity contribution in [2.45, 2.75) is 26.3 Å². The summed E-state index contributed by atoms with van der Waals surface area (Å²) in [5, 5.41) is 0. The Kier molecular flexibility index (Phi) is 4.16. The second-order valence-corrected chi connectivity index (χ2v) is 6.23. The number of hydrogen-bond donors (Lipinski definition) is 0. The average molecular weight is 301 g/mol. The molecule has 5 heteroatoms. The topological polar surface area (TPSA) is 43.9 Å². The summed E-state index contributed by atoms with van der Waals surface area (Å²) in [5.41, 5.74) is 2.31. The number of para-hydroxylation sites is 1. The van der Waals surface area contributed by atoms with Crippen LogP contribution < -0.4 is 4.90 Å². The molecule has 1 aromatic rings. The van der Waals surface area contributed by atoms with E-state index in [1.54, 1.807) is 6.92 Å². The van der Waals surface area contributed by atoms with Crippen LogP contribution in [0.1, 0.15) is 19.4 Å². The third-order valence-corrected chi connectivity index (χ3v) is 4.65. The highest BCUT2D eigenvalue weighted by Crippen LogP contribution is 2.31. The summed E-state index contributed by atoms with van der Waals surface area (Å²) < 4.78 is 0. The molecular weight excluding hydrogens is 278 g/mol. The molecule has 2 amide bonds. The van der Waals surface area contributed by atoms with Gasteiger partial charge < -0.3 is 9.80 Å². The van der Waals surface area contributed by atoms with E-state index in [1.807, 2.05) is 28.0 Å². The van der Waals surface area contributed by atoms with Gasteiger partial charge in [0.25, 0.3) is 0 Å². The minimum atomic E-state index is 0.119. The lowest BCUT2D eigenvalue weighted by atomic mass is 10.1. The molecule has 22 heavy (non-hydrogen) atoms. The van der Waals surface area contributed by atoms with Crippen LogP contribution in [0.3, 0.4) is 0 Å². The van der Waals surface area contributed by atoms with E-state index in [0.29, 0.717) is 6.54 Å². The van der Waals surface area contributed by atoms with E-state index in [9.17, 15) is 9.59 Å². The summed E-state index contributed by atoms with van der Waals surface area (Å²) >= 11 is 0. The number of hydrogen-bond acceptors (Lipinski definition) is 3. The number of amides is 2. The van der Waals surface area contributed by atoms with E-state index in [2.05, 4.69) is 17.9 Å². The number of nitrogens with zero attached hydrogens (tertiary/aromatic N) is 3. The second-order valence-electron chi connectivity index (χ2n) is 6.23. The molecule has 0 unspecified atom stereocenters. The van der Waals surface area contributed by atoms with Gasteiger partial charge in [-0.3, -0.25) is 14.5 Å². The lowest BCUT2D eigenvalue weighted by molar-refractivity contribution is -0.130. The number of carbonyl (C=O) groups excluding carboxylic acids is 2. The third-order valence-electron chi connectivity index (χ3n) is 4.65. The molecule has 0 aromatic heterocycles. The monoisotopic (exact) mass is 301 g/mol. The van der Waals surface area contributed by atoms with Gasteiger partial charge in [0.2, 0.25) is 11.8 Å². The van der Waals surface area contributed by atoms with Crippen LogP contribution in [0.25, 0.3) is 0 Å². The van der Waals surface area contributed by atoms with E-state index >= 15 is 0 Å². The number of benzene rings is 1. The van der Waals surface area contributed by atoms with Crippen molar-refractivity contribution in [1.29, 1.82) is 0 Å². The lowest BCUT2D eigenvalue weighted by Gasteiger charge is -2.35. The molecule has 0 saturated carbocycles. The molecule has 0 aliphatic carbocycles. The molecular formula is C17H23N3O2. The average Bonchev–Trinajstić information content (AvgIpc) is 2.83. The second kappa shape index (κ2) is 6.08. The molecule has 118 valence electrons. The predicted molar refractivity (Wildman–Crippen MR) is 85.8 cm³/mol. The third kappa shape index (κ3) is 2.86. The maximum atomic E-state index is 12.7. The van der Waals surface area contributed by atoms with Gasteiger partial charge in [0, 0.05) is 44.8 Å². The van der Waals surface area contributed by atoms with Gasteiger partial charge in [0.05, 0.1) is 6.54 Å². The minimum absolute atomic E-state index is 0.119. The van der Waals surface area contributed by atoms with E-state index in [4.69, 9.17) is 0 Å². The molecule has 2 aliphatic heterocycles. The summed E-state index contributed by atoms with van der Waals surface area (Å²) in [6.45, 7) is 7.12. The van der Waals surface area contributed by atoms with Gasteiger partial charge in [0.15, 0.2) is 0 Å². The SMILES string of the molecule is CC(=O)N1CCN(CC(=O)N2c3ccccc3C[C@@H]2C)CC1. The molecule has 3 rings (SSSR count). The highest BCUT2D eigenvalue weighted by molar-refractivity contribution is 5.97. The zero-order valence-corrected chi connectivity index (χ0v) is 13.3. The molecule has 1 atom stereocenters. The van der Waals surface area contributed by atoms with Crippen LogP contribution in [0.5, 0.6) is 0 Å². The van der Waals surface area contributed by atoms with E-state index in [1.165, 1.54) is 5.56 Å². The summed E-state index contributed by atoms with van der Waals surface area (Å²) in [4.78, 5) is 30.0. The number of piperazine rings is 1. The summed E-state index contributed by atoms with van der Waals surface area (Å²) in [7, 11) is 0. The largest absolute Gasteiger partial charge is 0.340 e. The van der Waals surface area contributed by atoms with Crippen LogP contribution in [0.2, 0.25) is 0 Å². The van der Waals surface area contributed by atoms with Crippen molar-refractivity contribution in [3.8, 4) is 0 Å². The molecule has 1 saturated heterocycles. The fraction of sp³-hybridized carbons (Fsp3) is 0.529. The van der Waals surface area contributed by atoms with Crippen LogP contribution >= 0.6 is 0 Å². The molecule has 0 bridgehead atoms. The smallest absolute Gasteiger partial charge is 0.241 e. The molecule has 1 fully saturated rings. The maximum absolute atomic E-state index is 12.7. The number of carbonyl (C=O) groups is 2. The predicted octanol–water partition coefficient (Wildman–Crippen LogP) is 1.13. The Morgan fingerprint density at radius 1 is 1.14 bits per heavy atom. The highest BCUT2D eigenvalue weighted by atomic mass is 16.2. The minimum Gasteiger partial charge on any atom is -0.340 e. The van der Waals surface area contributed by atoms with Gasteiger partial charge in [0.1, 0.15) is 0 Å². The fourth-order valence-corrected chi connectivity index (χ4v) is 3.43. The number of anilines is 1. The molecule has 2 heterocycles. The maximum Gasteiger partial charge on any atom is 0.241 e. The molecule has 5 nitrogen and oxygen atoms in total. The van der Waals surface area contributed by atoms with Gasteiger partial charge in [-0.1, -0.05) is 18.2 Å². The highest BCUT2D eigenvalue weighted by Gasteiger charge is 2.31. The Morgan fingerprint density at radius 3 is 2.50 bits per heavy atom. The molecule has 0 spiro atoms. The first-order valence-electron chi connectivity index (χ1n) is 7.94. The van der Waals surface area contributed by atoms with Crippen LogP contribution in [0.4, 0.5) is 5.69 Å². The van der Waals surface area contributed by atoms with Crippen LogP contribution in [-0.4, -0.2) is 60.4 Å². The van der Waals surface area contributed by atoms with Crippen LogP contribution in [0, 0.1) is 0 Å². The Bertz CT molecular complexity index is 579. The van der Waals surface area contributed by atoms with Gasteiger partial charge in [-0.05, 0) is 25.0 Å². The van der Waals surface area contributed by atoms with Crippen molar-refractivity contribution in [1.82, 2.24) is 9.80 Å². The zero-order valence-electron chi connectivity index (χ0n) is 13.3. The first kappa shape index (κ1) is 15.0. The zero-order chi connectivity index (χ0) is 15.7. The number of rotatable bonds is 2. The normalized spacial score (nSPS) is 21.8. The Balaban J connectivity index is 1.62.